The Morgan fingerprint density at radius 1 is 1.61 bits per heavy atom. The van der Waals surface area contributed by atoms with Crippen LogP contribution in [0.15, 0.2) is 6.20 Å². The van der Waals surface area contributed by atoms with Crippen molar-refractivity contribution in [3.8, 4) is 0 Å². The Balaban J connectivity index is 2.36. The predicted octanol–water partition coefficient (Wildman–Crippen LogP) is -0.170. The quantitative estimate of drug-likeness (QED) is 0.757. The number of rotatable bonds is 6. The molecule has 1 amide bonds. The number of sulfone groups is 1. The first-order valence-corrected chi connectivity index (χ1v) is 8.28. The molecule has 1 atom stereocenters. The summed E-state index contributed by atoms with van der Waals surface area (Å²) in [5.74, 6) is -0.440. The molecule has 3 N–H and O–H groups in total. The van der Waals surface area contributed by atoms with E-state index in [2.05, 4.69) is 10.3 Å². The van der Waals surface area contributed by atoms with Crippen molar-refractivity contribution in [1.29, 1.82) is 0 Å². The molecular weight excluding hydrogens is 274 g/mol. The van der Waals surface area contributed by atoms with Crippen LogP contribution in [0.2, 0.25) is 0 Å². The molecule has 1 aromatic heterocycles. The van der Waals surface area contributed by atoms with Crippen LogP contribution in [0.4, 0.5) is 0 Å². The maximum absolute atomic E-state index is 11.6. The van der Waals surface area contributed by atoms with Gasteiger partial charge in [0.25, 0.3) is 0 Å². The van der Waals surface area contributed by atoms with Gasteiger partial charge in [0.15, 0.2) is 0 Å². The number of hydrogen-bond donors (Lipinski definition) is 2. The Labute approximate surface area is 111 Å². The van der Waals surface area contributed by atoms with Gasteiger partial charge in [-0.05, 0) is 13.3 Å². The molecule has 102 valence electrons. The zero-order valence-electron chi connectivity index (χ0n) is 10.3. The van der Waals surface area contributed by atoms with E-state index in [1.807, 2.05) is 6.92 Å². The molecule has 6 nitrogen and oxygen atoms in total. The van der Waals surface area contributed by atoms with Crippen LogP contribution in [-0.4, -0.2) is 37.4 Å². The summed E-state index contributed by atoms with van der Waals surface area (Å²) < 4.78 is 21.9. The Morgan fingerprint density at radius 2 is 2.28 bits per heavy atom. The lowest BCUT2D eigenvalue weighted by molar-refractivity contribution is -0.122. The smallest absolute Gasteiger partial charge is 0.237 e. The fourth-order valence-corrected chi connectivity index (χ4v) is 2.66. The molecule has 1 unspecified atom stereocenters. The maximum atomic E-state index is 11.6. The Bertz CT molecular complexity index is 510. The molecule has 8 heteroatoms. The highest BCUT2D eigenvalue weighted by Gasteiger charge is 2.15. The second-order valence-electron chi connectivity index (χ2n) is 4.11. The highest BCUT2D eigenvalue weighted by atomic mass is 32.2. The summed E-state index contributed by atoms with van der Waals surface area (Å²) in [6, 6.07) is -0.805. The molecule has 0 bridgehead atoms. The highest BCUT2D eigenvalue weighted by Crippen LogP contribution is 2.10. The van der Waals surface area contributed by atoms with E-state index in [0.29, 0.717) is 6.54 Å². The minimum atomic E-state index is -3.09. The Morgan fingerprint density at radius 3 is 2.78 bits per heavy atom. The van der Waals surface area contributed by atoms with Gasteiger partial charge in [-0.1, -0.05) is 0 Å². The second kappa shape index (κ2) is 6.26. The van der Waals surface area contributed by atoms with E-state index in [9.17, 15) is 13.2 Å². The average Bonchev–Trinajstić information content (AvgIpc) is 2.67. The molecule has 0 aliphatic carbocycles. The summed E-state index contributed by atoms with van der Waals surface area (Å²) in [5, 5.41) is 3.44. The fraction of sp³-hybridized carbons (Fsp3) is 0.600. The maximum Gasteiger partial charge on any atom is 0.237 e. The van der Waals surface area contributed by atoms with Crippen molar-refractivity contribution in [2.45, 2.75) is 25.9 Å². The molecule has 0 aliphatic heterocycles. The van der Waals surface area contributed by atoms with Gasteiger partial charge in [-0.25, -0.2) is 13.4 Å². The minimum absolute atomic E-state index is 0.0854. The van der Waals surface area contributed by atoms with Gasteiger partial charge in [-0.15, -0.1) is 11.3 Å². The van der Waals surface area contributed by atoms with Crippen LogP contribution < -0.4 is 11.1 Å². The van der Waals surface area contributed by atoms with Gasteiger partial charge in [0.1, 0.15) is 14.8 Å². The van der Waals surface area contributed by atoms with Gasteiger partial charge in [0.05, 0.1) is 18.3 Å². The number of nitrogens with zero attached hydrogens (tertiary/aromatic N) is 1. The van der Waals surface area contributed by atoms with Gasteiger partial charge in [0.2, 0.25) is 5.91 Å². The molecular formula is C10H17N3O3S2. The number of carbonyl (C=O) groups is 1. The molecule has 1 aromatic rings. The first-order valence-electron chi connectivity index (χ1n) is 5.40. The van der Waals surface area contributed by atoms with Gasteiger partial charge >= 0.3 is 0 Å². The third kappa shape index (κ3) is 5.56. The molecule has 18 heavy (non-hydrogen) atoms. The summed E-state index contributed by atoms with van der Waals surface area (Å²) in [7, 11) is -3.09. The van der Waals surface area contributed by atoms with Crippen molar-refractivity contribution in [2.24, 2.45) is 5.73 Å². The van der Waals surface area contributed by atoms with Crippen LogP contribution in [0, 0.1) is 6.92 Å². The molecule has 0 aliphatic rings. The lowest BCUT2D eigenvalue weighted by atomic mass is 10.2. The third-order valence-electron chi connectivity index (χ3n) is 2.22. The molecule has 0 radical (unpaired) electrons. The number of thiazole rings is 1. The lowest BCUT2D eigenvalue weighted by Crippen LogP contribution is -2.41. The van der Waals surface area contributed by atoms with E-state index in [1.165, 1.54) is 11.3 Å². The fourth-order valence-electron chi connectivity index (χ4n) is 1.25. The lowest BCUT2D eigenvalue weighted by Gasteiger charge is -2.10. The van der Waals surface area contributed by atoms with E-state index >= 15 is 0 Å². The van der Waals surface area contributed by atoms with E-state index < -0.39 is 15.9 Å². The van der Waals surface area contributed by atoms with Gasteiger partial charge in [-0.2, -0.15) is 0 Å². The van der Waals surface area contributed by atoms with Gasteiger partial charge in [0, 0.05) is 17.3 Å². The molecule has 1 heterocycles. The highest BCUT2D eigenvalue weighted by molar-refractivity contribution is 7.90. The molecule has 0 saturated carbocycles. The van der Waals surface area contributed by atoms with Crippen molar-refractivity contribution in [1.82, 2.24) is 10.3 Å². The van der Waals surface area contributed by atoms with Crippen molar-refractivity contribution < 1.29 is 13.2 Å². The van der Waals surface area contributed by atoms with E-state index in [0.717, 1.165) is 16.1 Å². The summed E-state index contributed by atoms with van der Waals surface area (Å²) >= 11 is 1.50. The van der Waals surface area contributed by atoms with E-state index in [1.54, 1.807) is 6.20 Å². The Hall–Kier alpha value is -0.990. The number of hydrogen-bond acceptors (Lipinski definition) is 6. The second-order valence-corrected chi connectivity index (χ2v) is 7.69. The zero-order chi connectivity index (χ0) is 13.8. The van der Waals surface area contributed by atoms with Crippen molar-refractivity contribution in [2.75, 3.05) is 12.0 Å². The van der Waals surface area contributed by atoms with Crippen LogP contribution >= 0.6 is 11.3 Å². The largest absolute Gasteiger partial charge is 0.348 e. The normalized spacial score (nSPS) is 13.3. The van der Waals surface area contributed by atoms with Crippen molar-refractivity contribution in [3.05, 3.63) is 16.1 Å². The summed E-state index contributed by atoms with van der Waals surface area (Å²) in [6.45, 7) is 2.25. The first kappa shape index (κ1) is 15.1. The number of aryl methyl sites for hydroxylation is 1. The van der Waals surface area contributed by atoms with Crippen LogP contribution in [0.25, 0.3) is 0 Å². The summed E-state index contributed by atoms with van der Waals surface area (Å²) in [4.78, 5) is 16.8. The standard InChI is InChI=1S/C10H17N3O3S2/c1-7-5-12-9(17-7)6-13-10(14)8(11)3-4-18(2,15)16/h5,8H,3-4,6,11H2,1-2H3,(H,13,14). The predicted molar refractivity (Wildman–Crippen MR) is 71.0 cm³/mol. The van der Waals surface area contributed by atoms with Gasteiger partial charge in [-0.3, -0.25) is 4.79 Å². The topological polar surface area (TPSA) is 102 Å². The summed E-state index contributed by atoms with van der Waals surface area (Å²) in [5.41, 5.74) is 5.60. The average molecular weight is 291 g/mol. The number of amides is 1. The van der Waals surface area contributed by atoms with Crippen LogP contribution in [0.5, 0.6) is 0 Å². The number of carbonyl (C=O) groups excluding carboxylic acids is 1. The first-order chi connectivity index (χ1) is 8.28. The van der Waals surface area contributed by atoms with E-state index in [4.69, 9.17) is 5.73 Å². The molecule has 0 spiro atoms. The molecule has 0 fully saturated rings. The van der Waals surface area contributed by atoms with Crippen LogP contribution in [0.3, 0.4) is 0 Å². The zero-order valence-corrected chi connectivity index (χ0v) is 12.0. The van der Waals surface area contributed by atoms with E-state index in [-0.39, 0.29) is 18.1 Å². The van der Waals surface area contributed by atoms with Gasteiger partial charge < -0.3 is 11.1 Å². The monoisotopic (exact) mass is 291 g/mol. The molecule has 1 rings (SSSR count). The summed E-state index contributed by atoms with van der Waals surface area (Å²) in [6.07, 6.45) is 2.98. The third-order valence-corrected chi connectivity index (χ3v) is 4.11. The molecule has 0 saturated heterocycles. The van der Waals surface area contributed by atoms with Crippen molar-refractivity contribution >= 4 is 27.1 Å². The Kier molecular flexibility index (Phi) is 5.24. The van der Waals surface area contributed by atoms with Crippen LogP contribution in [0.1, 0.15) is 16.3 Å². The number of nitrogens with two attached hydrogens (primary N) is 1. The number of aromatic nitrogens is 1. The van der Waals surface area contributed by atoms with Crippen LogP contribution in [-0.2, 0) is 21.2 Å². The molecule has 0 aromatic carbocycles. The van der Waals surface area contributed by atoms with Crippen molar-refractivity contribution in [3.63, 3.8) is 0 Å². The SMILES string of the molecule is Cc1cnc(CNC(=O)C(N)CCS(C)(=O)=O)s1. The minimum Gasteiger partial charge on any atom is -0.348 e. The number of nitrogens with one attached hydrogen (secondary N) is 1.